The molecule has 2 aromatic carbocycles. The minimum Gasteiger partial charge on any atom is -0.404 e. The summed E-state index contributed by atoms with van der Waals surface area (Å²) in [5, 5.41) is 0. The van der Waals surface area contributed by atoms with Gasteiger partial charge in [0.25, 0.3) is 10.0 Å². The fourth-order valence-corrected chi connectivity index (χ4v) is 2.90. The Balaban J connectivity index is 2.35. The molecular formula is C14H12F3NO3S. The van der Waals surface area contributed by atoms with Gasteiger partial charge >= 0.3 is 6.36 Å². The van der Waals surface area contributed by atoms with Crippen molar-refractivity contribution in [2.24, 2.45) is 0 Å². The maximum Gasteiger partial charge on any atom is 0.573 e. The summed E-state index contributed by atoms with van der Waals surface area (Å²) in [6.07, 6.45) is -4.98. The Morgan fingerprint density at radius 1 is 1.00 bits per heavy atom. The van der Waals surface area contributed by atoms with Crippen molar-refractivity contribution < 1.29 is 26.3 Å². The molecule has 4 nitrogen and oxygen atoms in total. The smallest absolute Gasteiger partial charge is 0.404 e. The number of nitrogens with one attached hydrogen (secondary N) is 1. The standard InChI is InChI=1S/C14H12F3NO3S/c1-10-6-8-11(9-7-10)18-22(19,20)13-5-3-2-4-12(13)21-14(15,16)17/h2-9,18H,1H3. The Morgan fingerprint density at radius 3 is 2.18 bits per heavy atom. The van der Waals surface area contributed by atoms with Crippen molar-refractivity contribution in [2.45, 2.75) is 18.2 Å². The highest BCUT2D eigenvalue weighted by Crippen LogP contribution is 2.30. The minimum atomic E-state index is -4.98. The second-order valence-corrected chi connectivity index (χ2v) is 6.12. The van der Waals surface area contributed by atoms with Gasteiger partial charge in [0.05, 0.1) is 0 Å². The number of anilines is 1. The topological polar surface area (TPSA) is 55.4 Å². The quantitative estimate of drug-likeness (QED) is 0.929. The number of sulfonamides is 1. The van der Waals surface area contributed by atoms with Gasteiger partial charge in [0.1, 0.15) is 10.6 Å². The Labute approximate surface area is 125 Å². The fraction of sp³-hybridized carbons (Fsp3) is 0.143. The predicted octanol–water partition coefficient (Wildman–Crippen LogP) is 3.69. The Morgan fingerprint density at radius 2 is 1.59 bits per heavy atom. The van der Waals surface area contributed by atoms with E-state index in [9.17, 15) is 21.6 Å². The molecule has 0 aliphatic rings. The van der Waals surface area contributed by atoms with E-state index in [1.165, 1.54) is 24.3 Å². The van der Waals surface area contributed by atoms with E-state index in [-0.39, 0.29) is 5.69 Å². The highest BCUT2D eigenvalue weighted by molar-refractivity contribution is 7.92. The number of rotatable bonds is 4. The molecule has 0 saturated carbocycles. The van der Waals surface area contributed by atoms with Gasteiger partial charge in [0.2, 0.25) is 0 Å². The highest BCUT2D eigenvalue weighted by atomic mass is 32.2. The lowest BCUT2D eigenvalue weighted by molar-refractivity contribution is -0.275. The molecule has 0 aliphatic carbocycles. The first kappa shape index (κ1) is 16.2. The number of aryl methyl sites for hydroxylation is 1. The van der Waals surface area contributed by atoms with Crippen LogP contribution in [0, 0.1) is 6.92 Å². The third kappa shape index (κ3) is 4.14. The van der Waals surface area contributed by atoms with Crippen LogP contribution in [0.25, 0.3) is 0 Å². The first-order chi connectivity index (χ1) is 10.2. The van der Waals surface area contributed by atoms with Gasteiger partial charge in [0, 0.05) is 5.69 Å². The van der Waals surface area contributed by atoms with E-state index in [4.69, 9.17) is 0 Å². The zero-order valence-electron chi connectivity index (χ0n) is 11.4. The molecule has 0 spiro atoms. The van der Waals surface area contributed by atoms with Gasteiger partial charge in [-0.25, -0.2) is 8.42 Å². The zero-order valence-corrected chi connectivity index (χ0v) is 12.2. The molecule has 0 aliphatic heterocycles. The second-order valence-electron chi connectivity index (χ2n) is 4.47. The summed E-state index contributed by atoms with van der Waals surface area (Å²) in [4.78, 5) is -0.590. The molecule has 0 heterocycles. The SMILES string of the molecule is Cc1ccc(NS(=O)(=O)c2ccccc2OC(F)(F)F)cc1. The number of ether oxygens (including phenoxy) is 1. The van der Waals surface area contributed by atoms with Crippen LogP contribution in [0.3, 0.4) is 0 Å². The van der Waals surface area contributed by atoms with Gasteiger partial charge < -0.3 is 4.74 Å². The summed E-state index contributed by atoms with van der Waals surface area (Å²) in [7, 11) is -4.20. The third-order valence-electron chi connectivity index (χ3n) is 2.67. The lowest BCUT2D eigenvalue weighted by Crippen LogP contribution is -2.20. The van der Waals surface area contributed by atoms with Crippen molar-refractivity contribution in [2.75, 3.05) is 4.72 Å². The minimum absolute atomic E-state index is 0.243. The van der Waals surface area contributed by atoms with Crippen LogP contribution in [0.5, 0.6) is 5.75 Å². The molecule has 2 rings (SSSR count). The maximum absolute atomic E-state index is 12.3. The van der Waals surface area contributed by atoms with Crippen molar-refractivity contribution >= 4 is 15.7 Å². The van der Waals surface area contributed by atoms with E-state index in [0.29, 0.717) is 0 Å². The van der Waals surface area contributed by atoms with Crippen LogP contribution in [0.4, 0.5) is 18.9 Å². The molecule has 0 radical (unpaired) electrons. The van der Waals surface area contributed by atoms with Crippen LogP contribution < -0.4 is 9.46 Å². The van der Waals surface area contributed by atoms with Gasteiger partial charge in [-0.05, 0) is 31.2 Å². The average Bonchev–Trinajstić information content (AvgIpc) is 2.40. The Kier molecular flexibility index (Phi) is 4.32. The third-order valence-corrected chi connectivity index (χ3v) is 4.09. The van der Waals surface area contributed by atoms with Gasteiger partial charge in [-0.2, -0.15) is 0 Å². The summed E-state index contributed by atoms with van der Waals surface area (Å²) in [6, 6.07) is 10.9. The Hall–Kier alpha value is -2.22. The highest BCUT2D eigenvalue weighted by Gasteiger charge is 2.34. The van der Waals surface area contributed by atoms with Crippen molar-refractivity contribution in [3.05, 3.63) is 54.1 Å². The molecule has 0 aromatic heterocycles. The van der Waals surface area contributed by atoms with E-state index >= 15 is 0 Å². The molecule has 0 unspecified atom stereocenters. The van der Waals surface area contributed by atoms with Crippen LogP contribution in [0.15, 0.2) is 53.4 Å². The number of benzene rings is 2. The van der Waals surface area contributed by atoms with Gasteiger partial charge in [-0.3, -0.25) is 4.72 Å². The lowest BCUT2D eigenvalue weighted by atomic mass is 10.2. The van der Waals surface area contributed by atoms with Crippen molar-refractivity contribution in [1.29, 1.82) is 0 Å². The molecule has 118 valence electrons. The average molecular weight is 331 g/mol. The van der Waals surface area contributed by atoms with Crippen LogP contribution >= 0.6 is 0 Å². The van der Waals surface area contributed by atoms with Crippen molar-refractivity contribution in [3.8, 4) is 5.75 Å². The number of hydrogen-bond donors (Lipinski definition) is 1. The zero-order chi connectivity index (χ0) is 16.4. The van der Waals surface area contributed by atoms with E-state index in [2.05, 4.69) is 9.46 Å². The van der Waals surface area contributed by atoms with E-state index in [1.807, 2.05) is 6.92 Å². The predicted molar refractivity (Wildman–Crippen MR) is 75.1 cm³/mol. The van der Waals surface area contributed by atoms with E-state index < -0.39 is 27.0 Å². The molecule has 0 bridgehead atoms. The Bertz CT molecular complexity index is 756. The van der Waals surface area contributed by atoms with E-state index in [1.54, 1.807) is 12.1 Å². The monoisotopic (exact) mass is 331 g/mol. The van der Waals surface area contributed by atoms with Crippen LogP contribution in [-0.4, -0.2) is 14.8 Å². The van der Waals surface area contributed by atoms with E-state index in [0.717, 1.165) is 17.7 Å². The molecule has 1 N–H and O–H groups in total. The van der Waals surface area contributed by atoms with Crippen molar-refractivity contribution in [3.63, 3.8) is 0 Å². The molecule has 0 atom stereocenters. The molecule has 0 amide bonds. The van der Waals surface area contributed by atoms with Crippen LogP contribution in [0.1, 0.15) is 5.56 Å². The van der Waals surface area contributed by atoms with Gasteiger partial charge in [-0.1, -0.05) is 29.8 Å². The normalized spacial score (nSPS) is 12.0. The van der Waals surface area contributed by atoms with Gasteiger partial charge in [-0.15, -0.1) is 13.2 Å². The summed E-state index contributed by atoms with van der Waals surface area (Å²) < 4.78 is 67.5. The molecule has 0 saturated heterocycles. The largest absolute Gasteiger partial charge is 0.573 e. The summed E-state index contributed by atoms with van der Waals surface area (Å²) >= 11 is 0. The van der Waals surface area contributed by atoms with Gasteiger partial charge in [0.15, 0.2) is 0 Å². The lowest BCUT2D eigenvalue weighted by Gasteiger charge is -2.14. The summed E-state index contributed by atoms with van der Waals surface area (Å²) in [6.45, 7) is 1.82. The van der Waals surface area contributed by atoms with Crippen LogP contribution in [-0.2, 0) is 10.0 Å². The molecule has 8 heteroatoms. The first-order valence-electron chi connectivity index (χ1n) is 6.12. The molecule has 22 heavy (non-hydrogen) atoms. The maximum atomic E-state index is 12.3. The van der Waals surface area contributed by atoms with Crippen LogP contribution in [0.2, 0.25) is 0 Å². The number of para-hydroxylation sites is 1. The van der Waals surface area contributed by atoms with Crippen molar-refractivity contribution in [1.82, 2.24) is 0 Å². The first-order valence-corrected chi connectivity index (χ1v) is 7.60. The molecular weight excluding hydrogens is 319 g/mol. The second kappa shape index (κ2) is 5.88. The summed E-state index contributed by atoms with van der Waals surface area (Å²) in [5.41, 5.74) is 1.16. The number of hydrogen-bond acceptors (Lipinski definition) is 3. The number of alkyl halides is 3. The fourth-order valence-electron chi connectivity index (χ4n) is 1.71. The molecule has 0 fully saturated rings. The number of halogens is 3. The summed E-state index contributed by atoms with van der Waals surface area (Å²) in [5.74, 6) is -0.783. The molecule has 2 aromatic rings.